The molecule has 5 heteroatoms. The number of hydrogen-bond donors (Lipinski definition) is 1. The number of nitrogens with two attached hydrogens (primary N) is 1. The van der Waals surface area contributed by atoms with Crippen LogP contribution in [0.5, 0.6) is 0 Å². The van der Waals surface area contributed by atoms with Gasteiger partial charge in [-0.15, -0.1) is 0 Å². The average Bonchev–Trinajstić information content (AvgIpc) is 2.80. The summed E-state index contributed by atoms with van der Waals surface area (Å²) in [6.45, 7) is 3.77. The van der Waals surface area contributed by atoms with E-state index in [1.807, 2.05) is 4.90 Å². The quantitative estimate of drug-likeness (QED) is 0.854. The topological polar surface area (TPSA) is 49.6 Å². The Kier molecular flexibility index (Phi) is 4.40. The van der Waals surface area contributed by atoms with Gasteiger partial charge in [-0.1, -0.05) is 31.3 Å². The Morgan fingerprint density at radius 2 is 1.80 bits per heavy atom. The fraction of sp³-hybridized carbons (Fsp3) is 0.467. The van der Waals surface area contributed by atoms with Crippen LogP contribution in [0, 0.1) is 5.92 Å². The number of rotatable bonds is 3. The van der Waals surface area contributed by atoms with Gasteiger partial charge in [0.1, 0.15) is 4.99 Å². The monoisotopic (exact) mass is 291 g/mol. The number of benzene rings is 1. The molecule has 2 rings (SSSR count). The largest absolute Gasteiger partial charge is 0.389 e. The fourth-order valence-corrected chi connectivity index (χ4v) is 2.88. The molecule has 1 heterocycles. The van der Waals surface area contributed by atoms with Crippen LogP contribution >= 0.6 is 12.2 Å². The highest BCUT2D eigenvalue weighted by Gasteiger charge is 2.33. The summed E-state index contributed by atoms with van der Waals surface area (Å²) in [7, 11) is 4.12. The molecule has 1 aliphatic rings. The SMILES string of the molecule is CC1CN(C(=O)c2ccc(C(N)=S)cc2)CC1N(C)C. The Labute approximate surface area is 125 Å². The lowest BCUT2D eigenvalue weighted by molar-refractivity contribution is 0.0781. The fourth-order valence-electron chi connectivity index (χ4n) is 2.75. The molecule has 1 fully saturated rings. The van der Waals surface area contributed by atoms with E-state index in [-0.39, 0.29) is 5.91 Å². The maximum atomic E-state index is 12.5. The first-order valence-corrected chi connectivity index (χ1v) is 7.16. The Morgan fingerprint density at radius 3 is 2.25 bits per heavy atom. The first kappa shape index (κ1) is 14.9. The lowest BCUT2D eigenvalue weighted by atomic mass is 10.1. The van der Waals surface area contributed by atoms with Gasteiger partial charge in [0.05, 0.1) is 0 Å². The zero-order chi connectivity index (χ0) is 14.9. The molecule has 1 aromatic carbocycles. The third-order valence-corrected chi connectivity index (χ3v) is 4.18. The molecule has 1 aliphatic heterocycles. The van der Waals surface area contributed by atoms with Crippen molar-refractivity contribution in [3.8, 4) is 0 Å². The maximum Gasteiger partial charge on any atom is 0.253 e. The molecule has 0 bridgehead atoms. The minimum Gasteiger partial charge on any atom is -0.389 e. The van der Waals surface area contributed by atoms with Gasteiger partial charge in [-0.2, -0.15) is 0 Å². The van der Waals surface area contributed by atoms with Crippen molar-refractivity contribution >= 4 is 23.1 Å². The van der Waals surface area contributed by atoms with Crippen molar-refractivity contribution in [3.63, 3.8) is 0 Å². The predicted molar refractivity (Wildman–Crippen MR) is 84.9 cm³/mol. The molecule has 4 nitrogen and oxygen atoms in total. The number of likely N-dealkylation sites (tertiary alicyclic amines) is 1. The minimum atomic E-state index is 0.0793. The third-order valence-electron chi connectivity index (χ3n) is 3.94. The van der Waals surface area contributed by atoms with Gasteiger partial charge in [0, 0.05) is 30.3 Å². The van der Waals surface area contributed by atoms with Crippen LogP contribution in [-0.2, 0) is 0 Å². The molecule has 2 N–H and O–H groups in total. The first-order valence-electron chi connectivity index (χ1n) is 6.75. The smallest absolute Gasteiger partial charge is 0.253 e. The molecule has 108 valence electrons. The number of likely N-dealkylation sites (N-methyl/N-ethyl adjacent to an activating group) is 1. The van der Waals surface area contributed by atoms with Crippen LogP contribution in [0.4, 0.5) is 0 Å². The van der Waals surface area contributed by atoms with E-state index in [4.69, 9.17) is 18.0 Å². The molecule has 20 heavy (non-hydrogen) atoms. The van der Waals surface area contributed by atoms with Crippen molar-refractivity contribution in [3.05, 3.63) is 35.4 Å². The normalized spacial score (nSPS) is 22.3. The highest BCUT2D eigenvalue weighted by molar-refractivity contribution is 7.80. The van der Waals surface area contributed by atoms with E-state index >= 15 is 0 Å². The molecule has 1 amide bonds. The second-order valence-electron chi connectivity index (χ2n) is 5.66. The molecule has 0 aliphatic carbocycles. The van der Waals surface area contributed by atoms with Crippen LogP contribution in [0.1, 0.15) is 22.8 Å². The van der Waals surface area contributed by atoms with Gasteiger partial charge >= 0.3 is 0 Å². The van der Waals surface area contributed by atoms with Crippen molar-refractivity contribution in [1.82, 2.24) is 9.80 Å². The average molecular weight is 291 g/mol. The van der Waals surface area contributed by atoms with E-state index in [9.17, 15) is 4.79 Å². The van der Waals surface area contributed by atoms with Crippen LogP contribution in [0.2, 0.25) is 0 Å². The molecule has 2 atom stereocenters. The second-order valence-corrected chi connectivity index (χ2v) is 6.10. The van der Waals surface area contributed by atoms with Gasteiger partial charge in [0.15, 0.2) is 0 Å². The van der Waals surface area contributed by atoms with Crippen molar-refractivity contribution in [1.29, 1.82) is 0 Å². The zero-order valence-corrected chi connectivity index (χ0v) is 13.0. The van der Waals surface area contributed by atoms with E-state index in [0.29, 0.717) is 22.5 Å². The molecule has 0 aromatic heterocycles. The van der Waals surface area contributed by atoms with Crippen molar-refractivity contribution < 1.29 is 4.79 Å². The van der Waals surface area contributed by atoms with Crippen molar-refractivity contribution in [2.45, 2.75) is 13.0 Å². The van der Waals surface area contributed by atoms with Gasteiger partial charge in [0.2, 0.25) is 0 Å². The standard InChI is InChI=1S/C15H21N3OS/c1-10-8-18(9-13(10)17(2)3)15(19)12-6-4-11(5-7-12)14(16)20/h4-7,10,13H,8-9H2,1-3H3,(H2,16,20). The third kappa shape index (κ3) is 2.99. The van der Waals surface area contributed by atoms with Gasteiger partial charge in [-0.25, -0.2) is 0 Å². The van der Waals surface area contributed by atoms with Crippen LogP contribution in [0.15, 0.2) is 24.3 Å². The van der Waals surface area contributed by atoms with Gasteiger partial charge in [0.25, 0.3) is 5.91 Å². The molecule has 1 aromatic rings. The summed E-state index contributed by atoms with van der Waals surface area (Å²) in [5.41, 5.74) is 7.04. The van der Waals surface area contributed by atoms with E-state index in [1.165, 1.54) is 0 Å². The zero-order valence-electron chi connectivity index (χ0n) is 12.2. The Balaban J connectivity index is 2.10. The van der Waals surface area contributed by atoms with E-state index < -0.39 is 0 Å². The van der Waals surface area contributed by atoms with E-state index in [1.54, 1.807) is 24.3 Å². The molecule has 0 spiro atoms. The predicted octanol–water partition coefficient (Wildman–Crippen LogP) is 1.34. The Hall–Kier alpha value is -1.46. The van der Waals surface area contributed by atoms with Gasteiger partial charge in [-0.05, 0) is 32.1 Å². The second kappa shape index (κ2) is 5.89. The summed E-state index contributed by atoms with van der Waals surface area (Å²) < 4.78 is 0. The molecule has 2 unspecified atom stereocenters. The van der Waals surface area contributed by atoms with E-state index in [2.05, 4.69) is 25.9 Å². The van der Waals surface area contributed by atoms with Crippen LogP contribution in [0.25, 0.3) is 0 Å². The number of carbonyl (C=O) groups excluding carboxylic acids is 1. The Bertz CT molecular complexity index is 512. The lowest BCUT2D eigenvalue weighted by Gasteiger charge is -2.22. The van der Waals surface area contributed by atoms with Gasteiger partial charge < -0.3 is 15.5 Å². The molecular weight excluding hydrogens is 270 g/mol. The first-order chi connectivity index (χ1) is 9.40. The number of hydrogen-bond acceptors (Lipinski definition) is 3. The van der Waals surface area contributed by atoms with Gasteiger partial charge in [-0.3, -0.25) is 4.79 Å². The molecule has 0 radical (unpaired) electrons. The van der Waals surface area contributed by atoms with Crippen molar-refractivity contribution in [2.24, 2.45) is 11.7 Å². The number of carbonyl (C=O) groups is 1. The van der Waals surface area contributed by atoms with Crippen LogP contribution < -0.4 is 5.73 Å². The number of thiocarbonyl (C=S) groups is 1. The highest BCUT2D eigenvalue weighted by atomic mass is 32.1. The van der Waals surface area contributed by atoms with E-state index in [0.717, 1.165) is 18.7 Å². The summed E-state index contributed by atoms with van der Waals surface area (Å²) in [5.74, 6) is 0.570. The number of amides is 1. The number of nitrogens with zero attached hydrogens (tertiary/aromatic N) is 2. The minimum absolute atomic E-state index is 0.0793. The summed E-state index contributed by atoms with van der Waals surface area (Å²) in [5, 5.41) is 0. The lowest BCUT2D eigenvalue weighted by Crippen LogP contribution is -2.35. The summed E-state index contributed by atoms with van der Waals surface area (Å²) in [4.78, 5) is 16.9. The molecule has 1 saturated heterocycles. The molecular formula is C15H21N3OS. The summed E-state index contributed by atoms with van der Waals surface area (Å²) in [6.07, 6.45) is 0. The molecule has 0 saturated carbocycles. The maximum absolute atomic E-state index is 12.5. The summed E-state index contributed by atoms with van der Waals surface area (Å²) in [6, 6.07) is 7.63. The van der Waals surface area contributed by atoms with Crippen LogP contribution in [0.3, 0.4) is 0 Å². The van der Waals surface area contributed by atoms with Crippen molar-refractivity contribution in [2.75, 3.05) is 27.2 Å². The highest BCUT2D eigenvalue weighted by Crippen LogP contribution is 2.22. The van der Waals surface area contributed by atoms with Crippen LogP contribution in [-0.4, -0.2) is 53.9 Å². The summed E-state index contributed by atoms with van der Waals surface area (Å²) >= 11 is 4.91. The Morgan fingerprint density at radius 1 is 1.25 bits per heavy atom.